The van der Waals surface area contributed by atoms with Crippen LogP contribution in [0.4, 0.5) is 5.69 Å². The lowest BCUT2D eigenvalue weighted by atomic mass is 9.83. The Balaban J connectivity index is 1.38. The Morgan fingerprint density at radius 2 is 1.82 bits per heavy atom. The molecule has 2 aromatic heterocycles. The van der Waals surface area contributed by atoms with Crippen molar-refractivity contribution in [3.63, 3.8) is 0 Å². The lowest BCUT2D eigenvalue weighted by Gasteiger charge is -2.31. The molecule has 1 aliphatic carbocycles. The van der Waals surface area contributed by atoms with Crippen LogP contribution in [0.25, 0.3) is 23.1 Å². The minimum atomic E-state index is -0.386. The fourth-order valence-corrected chi connectivity index (χ4v) is 7.21. The minimum Gasteiger partial charge on any atom is -0.493 e. The molecule has 0 saturated carbocycles. The average molecular weight is 620 g/mol. The van der Waals surface area contributed by atoms with Crippen LogP contribution in [0.2, 0.25) is 0 Å². The van der Waals surface area contributed by atoms with Gasteiger partial charge in [-0.1, -0.05) is 41.7 Å². The van der Waals surface area contributed by atoms with Gasteiger partial charge in [-0.25, -0.2) is 4.99 Å². The molecule has 2 aliphatic rings. The first-order valence-electron chi connectivity index (χ1n) is 14.5. The molecule has 0 radical (unpaired) electrons. The zero-order valence-electron chi connectivity index (χ0n) is 25.1. The third kappa shape index (κ3) is 4.78. The summed E-state index contributed by atoms with van der Waals surface area (Å²) in [7, 11) is 3.20. The van der Waals surface area contributed by atoms with E-state index in [4.69, 9.17) is 18.9 Å². The van der Waals surface area contributed by atoms with Crippen molar-refractivity contribution in [1.82, 2.24) is 4.57 Å². The summed E-state index contributed by atoms with van der Waals surface area (Å²) in [6.07, 6.45) is 3.33. The summed E-state index contributed by atoms with van der Waals surface area (Å²) in [5, 5.41) is 11.6. The number of allylic oxidation sites excluding steroid dienone is 1. The van der Waals surface area contributed by atoms with Gasteiger partial charge in [0.25, 0.3) is 11.2 Å². The fourth-order valence-electron chi connectivity index (χ4n) is 6.23. The maximum absolute atomic E-state index is 14.2. The van der Waals surface area contributed by atoms with Crippen molar-refractivity contribution in [2.24, 2.45) is 4.99 Å². The smallest absolute Gasteiger partial charge is 0.273 e. The third-order valence-electron chi connectivity index (χ3n) is 8.62. The molecular formula is C35H29N3O6S. The van der Waals surface area contributed by atoms with Crippen LogP contribution in [-0.2, 0) is 6.42 Å². The van der Waals surface area contributed by atoms with Crippen LogP contribution in [0.3, 0.4) is 0 Å². The molecule has 226 valence electrons. The highest BCUT2D eigenvalue weighted by atomic mass is 32.1. The second-order valence-electron chi connectivity index (χ2n) is 11.1. The van der Waals surface area contributed by atoms with Crippen LogP contribution in [-0.4, -0.2) is 23.7 Å². The normalized spacial score (nSPS) is 15.6. The molecule has 0 spiro atoms. The third-order valence-corrected chi connectivity index (χ3v) is 9.60. The molecule has 0 amide bonds. The van der Waals surface area contributed by atoms with Crippen LogP contribution in [0.15, 0.2) is 86.5 Å². The van der Waals surface area contributed by atoms with Gasteiger partial charge in [0.1, 0.15) is 11.5 Å². The number of hydrogen-bond donors (Lipinski definition) is 0. The van der Waals surface area contributed by atoms with Crippen LogP contribution >= 0.6 is 11.3 Å². The van der Waals surface area contributed by atoms with Crippen molar-refractivity contribution in [2.75, 3.05) is 14.2 Å². The molecular weight excluding hydrogens is 590 g/mol. The van der Waals surface area contributed by atoms with Gasteiger partial charge in [0.2, 0.25) is 0 Å². The van der Waals surface area contributed by atoms with E-state index in [1.54, 1.807) is 43.9 Å². The summed E-state index contributed by atoms with van der Waals surface area (Å²) in [5.74, 6) is 2.14. The molecule has 0 unspecified atom stereocenters. The number of nitro groups is 1. The minimum absolute atomic E-state index is 0.0389. The number of thiazole rings is 1. The van der Waals surface area contributed by atoms with Crippen molar-refractivity contribution in [2.45, 2.75) is 32.7 Å². The molecule has 10 heteroatoms. The summed E-state index contributed by atoms with van der Waals surface area (Å²) in [6.45, 7) is 3.57. The average Bonchev–Trinajstić information content (AvgIpc) is 3.64. The van der Waals surface area contributed by atoms with Gasteiger partial charge in [-0.15, -0.1) is 0 Å². The summed E-state index contributed by atoms with van der Waals surface area (Å²) < 4.78 is 19.5. The Morgan fingerprint density at radius 3 is 2.60 bits per heavy atom. The molecule has 45 heavy (non-hydrogen) atoms. The van der Waals surface area contributed by atoms with E-state index >= 15 is 0 Å². The summed E-state index contributed by atoms with van der Waals surface area (Å²) in [5.41, 5.74) is 7.08. The Bertz CT molecular complexity index is 2240. The lowest BCUT2D eigenvalue weighted by molar-refractivity contribution is -0.385. The lowest BCUT2D eigenvalue weighted by Crippen LogP contribution is -2.38. The first-order chi connectivity index (χ1) is 21.8. The standard InChI is InChI=1S/C35H29N3O6S/c1-19-15-23(16-27(20(19)2)38(40)41)28-14-11-24(44-28)18-31-34(39)37-33(22-10-13-29(42-3)30(17-22)43-4)26-12-9-21-7-5-6-8-25(21)32(26)36-35(37)45-31/h5-8,10-11,13-18,33H,9,12H2,1-4H3/b31-18-/t33-/m0/s1. The van der Waals surface area contributed by atoms with Gasteiger partial charge >= 0.3 is 0 Å². The second-order valence-corrected chi connectivity index (χ2v) is 12.1. The van der Waals surface area contributed by atoms with Crippen LogP contribution < -0.4 is 24.4 Å². The Morgan fingerprint density at radius 1 is 1.02 bits per heavy atom. The molecule has 0 saturated heterocycles. The van der Waals surface area contributed by atoms with Crippen LogP contribution in [0.1, 0.15) is 46.0 Å². The molecule has 9 nitrogen and oxygen atoms in total. The van der Waals surface area contributed by atoms with E-state index in [-0.39, 0.29) is 22.2 Å². The van der Waals surface area contributed by atoms with Gasteiger partial charge in [-0.3, -0.25) is 19.5 Å². The Hall–Kier alpha value is -5.22. The van der Waals surface area contributed by atoms with E-state index in [2.05, 4.69) is 12.1 Å². The molecule has 0 bridgehead atoms. The van der Waals surface area contributed by atoms with Crippen molar-refractivity contribution in [3.05, 3.63) is 136 Å². The largest absolute Gasteiger partial charge is 0.493 e. The van der Waals surface area contributed by atoms with E-state index in [0.29, 0.717) is 43.5 Å². The van der Waals surface area contributed by atoms with E-state index in [9.17, 15) is 14.9 Å². The highest BCUT2D eigenvalue weighted by Gasteiger charge is 2.33. The summed E-state index contributed by atoms with van der Waals surface area (Å²) in [6, 6.07) is 20.6. The van der Waals surface area contributed by atoms with Crippen LogP contribution in [0, 0.1) is 24.0 Å². The number of hydrogen-bond acceptors (Lipinski definition) is 8. The van der Waals surface area contributed by atoms with E-state index in [1.807, 2.05) is 43.3 Å². The number of benzene rings is 3. The zero-order chi connectivity index (χ0) is 31.4. The quantitative estimate of drug-likeness (QED) is 0.167. The number of furan rings is 1. The summed E-state index contributed by atoms with van der Waals surface area (Å²) in [4.78, 5) is 31.1. The van der Waals surface area contributed by atoms with Crippen molar-refractivity contribution < 1.29 is 18.8 Å². The highest BCUT2D eigenvalue weighted by molar-refractivity contribution is 7.07. The van der Waals surface area contributed by atoms with Gasteiger partial charge in [0, 0.05) is 28.8 Å². The first-order valence-corrected chi connectivity index (χ1v) is 15.3. The van der Waals surface area contributed by atoms with E-state index < -0.39 is 0 Å². The number of nitrogens with zero attached hydrogens (tertiary/aromatic N) is 3. The molecule has 0 N–H and O–H groups in total. The van der Waals surface area contributed by atoms with Gasteiger partial charge in [0.15, 0.2) is 16.3 Å². The number of rotatable bonds is 6. The maximum atomic E-state index is 14.2. The number of aromatic nitrogens is 1. The van der Waals surface area contributed by atoms with E-state index in [1.165, 1.54) is 23.0 Å². The molecule has 3 aromatic carbocycles. The molecule has 1 atom stereocenters. The number of ether oxygens (including phenoxy) is 2. The molecule has 5 aromatic rings. The van der Waals surface area contributed by atoms with Gasteiger partial charge in [-0.2, -0.15) is 0 Å². The highest BCUT2D eigenvalue weighted by Crippen LogP contribution is 2.43. The van der Waals surface area contributed by atoms with Crippen LogP contribution in [0.5, 0.6) is 11.5 Å². The second kappa shape index (κ2) is 11.0. The monoisotopic (exact) mass is 619 g/mol. The molecule has 0 fully saturated rings. The van der Waals surface area contributed by atoms with Crippen molar-refractivity contribution in [3.8, 4) is 22.8 Å². The zero-order valence-corrected chi connectivity index (χ0v) is 25.9. The molecule has 3 heterocycles. The van der Waals surface area contributed by atoms with Gasteiger partial charge in [-0.05, 0) is 79.3 Å². The maximum Gasteiger partial charge on any atom is 0.273 e. The van der Waals surface area contributed by atoms with Crippen molar-refractivity contribution >= 4 is 28.8 Å². The molecule has 1 aliphatic heterocycles. The van der Waals surface area contributed by atoms with Gasteiger partial charge < -0.3 is 13.9 Å². The number of methoxy groups -OCH3 is 2. The topological polar surface area (TPSA) is 109 Å². The fraction of sp³-hybridized carbons (Fsp3) is 0.200. The first kappa shape index (κ1) is 28.5. The van der Waals surface area contributed by atoms with E-state index in [0.717, 1.165) is 40.8 Å². The SMILES string of the molecule is COc1ccc([C@H]2C3=C(N=c4s/c(=C\c5ccc(-c6cc(C)c(C)c([N+](=O)[O-])c6)o5)c(=O)n42)c2ccccc2CC3)cc1OC. The number of nitro benzene ring substituents is 1. The van der Waals surface area contributed by atoms with Crippen molar-refractivity contribution in [1.29, 1.82) is 0 Å². The number of fused-ring (bicyclic) bond motifs is 3. The predicted molar refractivity (Wildman–Crippen MR) is 173 cm³/mol. The predicted octanol–water partition coefficient (Wildman–Crippen LogP) is 6.12. The Kier molecular flexibility index (Phi) is 7.01. The summed E-state index contributed by atoms with van der Waals surface area (Å²) >= 11 is 1.31. The molecule has 7 rings (SSSR count). The Labute approximate surface area is 262 Å². The number of aryl methyl sites for hydroxylation is 2. The van der Waals surface area contributed by atoms with Gasteiger partial charge in [0.05, 0.1) is 35.4 Å².